The number of hydrogen-bond donors (Lipinski definition) is 0. The Balaban J connectivity index is 2.60. The second kappa shape index (κ2) is 6.99. The SMILES string of the molecule is COc1cccc2c(N(CC(C)C)CC(C)C)cc(C)nc12. The Morgan fingerprint density at radius 2 is 1.73 bits per heavy atom. The van der Waals surface area contributed by atoms with E-state index in [4.69, 9.17) is 9.72 Å². The monoisotopic (exact) mass is 300 g/mol. The summed E-state index contributed by atoms with van der Waals surface area (Å²) >= 11 is 0. The number of fused-ring (bicyclic) bond motifs is 1. The summed E-state index contributed by atoms with van der Waals surface area (Å²) in [4.78, 5) is 7.19. The summed E-state index contributed by atoms with van der Waals surface area (Å²) in [6, 6.07) is 8.37. The predicted molar refractivity (Wildman–Crippen MR) is 94.9 cm³/mol. The smallest absolute Gasteiger partial charge is 0.145 e. The molecule has 22 heavy (non-hydrogen) atoms. The van der Waals surface area contributed by atoms with E-state index in [2.05, 4.69) is 51.7 Å². The number of nitrogens with zero attached hydrogens (tertiary/aromatic N) is 2. The molecule has 0 aliphatic heterocycles. The lowest BCUT2D eigenvalue weighted by Gasteiger charge is -2.30. The van der Waals surface area contributed by atoms with Crippen LogP contribution in [0.5, 0.6) is 5.75 Å². The van der Waals surface area contributed by atoms with Crippen molar-refractivity contribution in [2.45, 2.75) is 34.6 Å². The van der Waals surface area contributed by atoms with Crippen LogP contribution < -0.4 is 9.64 Å². The minimum absolute atomic E-state index is 0.618. The van der Waals surface area contributed by atoms with E-state index in [1.54, 1.807) is 7.11 Å². The number of pyridine rings is 1. The summed E-state index contributed by atoms with van der Waals surface area (Å²) in [5.41, 5.74) is 3.26. The second-order valence-corrected chi connectivity index (χ2v) is 6.83. The molecule has 3 heteroatoms. The Kier molecular flexibility index (Phi) is 5.28. The van der Waals surface area contributed by atoms with Crippen molar-refractivity contribution in [2.75, 3.05) is 25.1 Å². The lowest BCUT2D eigenvalue weighted by Crippen LogP contribution is -2.31. The van der Waals surface area contributed by atoms with Gasteiger partial charge in [0.15, 0.2) is 0 Å². The highest BCUT2D eigenvalue weighted by Gasteiger charge is 2.16. The summed E-state index contributed by atoms with van der Waals surface area (Å²) in [5, 5.41) is 1.17. The van der Waals surface area contributed by atoms with E-state index >= 15 is 0 Å². The van der Waals surface area contributed by atoms with Crippen molar-refractivity contribution in [3.63, 3.8) is 0 Å². The van der Waals surface area contributed by atoms with Crippen molar-refractivity contribution in [3.8, 4) is 5.75 Å². The van der Waals surface area contributed by atoms with E-state index in [-0.39, 0.29) is 0 Å². The second-order valence-electron chi connectivity index (χ2n) is 6.83. The minimum Gasteiger partial charge on any atom is -0.494 e. The molecule has 2 rings (SSSR count). The predicted octanol–water partition coefficient (Wildman–Crippen LogP) is 4.67. The van der Waals surface area contributed by atoms with Crippen LogP contribution in [-0.4, -0.2) is 25.2 Å². The molecule has 0 amide bonds. The molecular formula is C19H28N2O. The molecule has 2 aromatic rings. The molecule has 0 aliphatic carbocycles. The van der Waals surface area contributed by atoms with E-state index in [9.17, 15) is 0 Å². The third-order valence-electron chi connectivity index (χ3n) is 3.64. The molecule has 0 atom stereocenters. The van der Waals surface area contributed by atoms with Gasteiger partial charge in [-0.1, -0.05) is 39.8 Å². The van der Waals surface area contributed by atoms with Crippen molar-refractivity contribution >= 4 is 16.6 Å². The fourth-order valence-electron chi connectivity index (χ4n) is 2.91. The van der Waals surface area contributed by atoms with Crippen LogP contribution >= 0.6 is 0 Å². The molecule has 1 aromatic carbocycles. The van der Waals surface area contributed by atoms with E-state index in [1.807, 2.05) is 12.1 Å². The average molecular weight is 300 g/mol. The Labute approximate surface area is 134 Å². The van der Waals surface area contributed by atoms with Gasteiger partial charge in [0.25, 0.3) is 0 Å². The van der Waals surface area contributed by atoms with Crippen LogP contribution in [-0.2, 0) is 0 Å². The summed E-state index contributed by atoms with van der Waals surface area (Å²) in [5.74, 6) is 2.08. The highest BCUT2D eigenvalue weighted by Crippen LogP contribution is 2.32. The van der Waals surface area contributed by atoms with Crippen molar-refractivity contribution in [1.82, 2.24) is 4.98 Å². The quantitative estimate of drug-likeness (QED) is 0.775. The van der Waals surface area contributed by atoms with E-state index in [0.29, 0.717) is 11.8 Å². The van der Waals surface area contributed by atoms with Crippen LogP contribution in [0.3, 0.4) is 0 Å². The molecule has 0 N–H and O–H groups in total. The average Bonchev–Trinajstić information content (AvgIpc) is 2.44. The highest BCUT2D eigenvalue weighted by atomic mass is 16.5. The molecule has 0 aliphatic rings. The van der Waals surface area contributed by atoms with Gasteiger partial charge in [-0.05, 0) is 30.9 Å². The zero-order valence-electron chi connectivity index (χ0n) is 14.7. The van der Waals surface area contributed by atoms with E-state index in [1.165, 1.54) is 11.1 Å². The van der Waals surface area contributed by atoms with Crippen LogP contribution in [0.2, 0.25) is 0 Å². The number of para-hydroxylation sites is 1. The summed E-state index contributed by atoms with van der Waals surface area (Å²) in [6.45, 7) is 13.2. The van der Waals surface area contributed by atoms with Crippen LogP contribution in [0, 0.1) is 18.8 Å². The topological polar surface area (TPSA) is 25.4 Å². The molecular weight excluding hydrogens is 272 g/mol. The van der Waals surface area contributed by atoms with Gasteiger partial charge in [-0.15, -0.1) is 0 Å². The van der Waals surface area contributed by atoms with Crippen molar-refractivity contribution in [2.24, 2.45) is 11.8 Å². The molecule has 0 spiro atoms. The van der Waals surface area contributed by atoms with Gasteiger partial charge in [-0.2, -0.15) is 0 Å². The maximum atomic E-state index is 5.50. The number of aromatic nitrogens is 1. The van der Waals surface area contributed by atoms with E-state index < -0.39 is 0 Å². The summed E-state index contributed by atoms with van der Waals surface area (Å²) in [6.07, 6.45) is 0. The van der Waals surface area contributed by atoms with Crippen LogP contribution in [0.15, 0.2) is 24.3 Å². The molecule has 0 bridgehead atoms. The normalized spacial score (nSPS) is 11.5. The number of methoxy groups -OCH3 is 1. The first kappa shape index (κ1) is 16.6. The van der Waals surface area contributed by atoms with Gasteiger partial charge < -0.3 is 9.64 Å². The lowest BCUT2D eigenvalue weighted by atomic mass is 10.1. The number of rotatable bonds is 6. The van der Waals surface area contributed by atoms with Crippen LogP contribution in [0.1, 0.15) is 33.4 Å². The van der Waals surface area contributed by atoms with Crippen molar-refractivity contribution in [3.05, 3.63) is 30.0 Å². The fourth-order valence-corrected chi connectivity index (χ4v) is 2.91. The number of hydrogen-bond acceptors (Lipinski definition) is 3. The number of benzene rings is 1. The molecule has 3 nitrogen and oxygen atoms in total. The van der Waals surface area contributed by atoms with Gasteiger partial charge >= 0.3 is 0 Å². The fraction of sp³-hybridized carbons (Fsp3) is 0.526. The standard InChI is InChI=1S/C19H28N2O/c1-13(2)11-21(12-14(3)4)17-10-15(5)20-19-16(17)8-7-9-18(19)22-6/h7-10,13-14H,11-12H2,1-6H3. The zero-order chi connectivity index (χ0) is 16.3. The van der Waals surface area contributed by atoms with Gasteiger partial charge in [0, 0.05) is 29.9 Å². The van der Waals surface area contributed by atoms with E-state index in [0.717, 1.165) is 30.0 Å². The molecule has 0 fully saturated rings. The summed E-state index contributed by atoms with van der Waals surface area (Å²) < 4.78 is 5.50. The number of ether oxygens (including phenoxy) is 1. The lowest BCUT2D eigenvalue weighted by molar-refractivity contribution is 0.419. The summed E-state index contributed by atoms with van der Waals surface area (Å²) in [7, 11) is 1.71. The maximum absolute atomic E-state index is 5.50. The van der Waals surface area contributed by atoms with Gasteiger partial charge in [0.2, 0.25) is 0 Å². The molecule has 0 saturated carbocycles. The first-order chi connectivity index (χ1) is 10.4. The third-order valence-corrected chi connectivity index (χ3v) is 3.64. The van der Waals surface area contributed by atoms with Gasteiger partial charge in [0.1, 0.15) is 11.3 Å². The Bertz CT molecular complexity index is 625. The molecule has 0 saturated heterocycles. The highest BCUT2D eigenvalue weighted by molar-refractivity contribution is 5.95. The van der Waals surface area contributed by atoms with Gasteiger partial charge in [0.05, 0.1) is 7.11 Å². The molecule has 1 aromatic heterocycles. The molecule has 120 valence electrons. The maximum Gasteiger partial charge on any atom is 0.145 e. The third kappa shape index (κ3) is 3.70. The first-order valence-electron chi connectivity index (χ1n) is 8.11. The van der Waals surface area contributed by atoms with Crippen LogP contribution in [0.4, 0.5) is 5.69 Å². The van der Waals surface area contributed by atoms with Crippen molar-refractivity contribution in [1.29, 1.82) is 0 Å². The molecule has 0 unspecified atom stereocenters. The zero-order valence-corrected chi connectivity index (χ0v) is 14.7. The Morgan fingerprint density at radius 3 is 2.27 bits per heavy atom. The van der Waals surface area contributed by atoms with Crippen molar-refractivity contribution < 1.29 is 4.74 Å². The largest absolute Gasteiger partial charge is 0.494 e. The minimum atomic E-state index is 0.618. The Hall–Kier alpha value is -1.77. The molecule has 0 radical (unpaired) electrons. The number of anilines is 1. The van der Waals surface area contributed by atoms with Gasteiger partial charge in [-0.3, -0.25) is 0 Å². The first-order valence-corrected chi connectivity index (χ1v) is 8.11. The van der Waals surface area contributed by atoms with Crippen LogP contribution in [0.25, 0.3) is 10.9 Å². The molecule has 1 heterocycles. The number of aryl methyl sites for hydroxylation is 1. The Morgan fingerprint density at radius 1 is 1.09 bits per heavy atom. The van der Waals surface area contributed by atoms with Gasteiger partial charge in [-0.25, -0.2) is 4.98 Å².